The molecule has 1 saturated heterocycles. The lowest BCUT2D eigenvalue weighted by molar-refractivity contribution is -0.126. The maximum atomic E-state index is 12.6. The van der Waals surface area contributed by atoms with Crippen LogP contribution in [0.15, 0.2) is 18.3 Å². The zero-order valence-corrected chi connectivity index (χ0v) is 13.0. The van der Waals surface area contributed by atoms with Gasteiger partial charge in [0.2, 0.25) is 0 Å². The van der Waals surface area contributed by atoms with Crippen molar-refractivity contribution in [2.75, 3.05) is 25.0 Å². The molecule has 5 heteroatoms. The Hall–Kier alpha value is -1.62. The number of hydrogen-bond acceptors (Lipinski definition) is 3. The van der Waals surface area contributed by atoms with Crippen molar-refractivity contribution >= 4 is 11.7 Å². The molecule has 3 atom stereocenters. The predicted octanol–water partition coefficient (Wildman–Crippen LogP) is 2.81. The van der Waals surface area contributed by atoms with Crippen LogP contribution in [0.4, 0.5) is 10.5 Å². The Morgan fingerprint density at radius 2 is 2.41 bits per heavy atom. The molecule has 3 fully saturated rings. The summed E-state index contributed by atoms with van der Waals surface area (Å²) in [6, 6.07) is 3.71. The largest absolute Gasteiger partial charge is 0.371 e. The van der Waals surface area contributed by atoms with E-state index in [-0.39, 0.29) is 11.6 Å². The topological polar surface area (TPSA) is 54.5 Å². The van der Waals surface area contributed by atoms with Crippen LogP contribution in [0, 0.1) is 18.8 Å². The Morgan fingerprint density at radius 3 is 3.14 bits per heavy atom. The minimum absolute atomic E-state index is 0.0175. The van der Waals surface area contributed by atoms with E-state index in [0.717, 1.165) is 30.3 Å². The fraction of sp³-hybridized carbons (Fsp3) is 0.647. The van der Waals surface area contributed by atoms with Gasteiger partial charge >= 0.3 is 6.03 Å². The van der Waals surface area contributed by atoms with Gasteiger partial charge in [-0.3, -0.25) is 4.98 Å². The summed E-state index contributed by atoms with van der Waals surface area (Å²) in [6.45, 7) is 4.00. The molecule has 1 aromatic heterocycles. The number of carbonyl (C=O) groups excluding carboxylic acids is 1. The lowest BCUT2D eigenvalue weighted by atomic mass is 9.83. The first kappa shape index (κ1) is 14.0. The Balaban J connectivity index is 1.45. The number of pyridine rings is 1. The van der Waals surface area contributed by atoms with Gasteiger partial charge in [-0.25, -0.2) is 4.79 Å². The second kappa shape index (κ2) is 5.23. The first-order valence-corrected chi connectivity index (χ1v) is 8.27. The monoisotopic (exact) mass is 301 g/mol. The van der Waals surface area contributed by atoms with Crippen molar-refractivity contribution < 1.29 is 9.53 Å². The van der Waals surface area contributed by atoms with Gasteiger partial charge in [-0.1, -0.05) is 0 Å². The Morgan fingerprint density at radius 1 is 1.50 bits per heavy atom. The summed E-state index contributed by atoms with van der Waals surface area (Å²) >= 11 is 0. The molecule has 1 N–H and O–H groups in total. The number of aromatic nitrogens is 1. The minimum Gasteiger partial charge on any atom is -0.371 e. The van der Waals surface area contributed by atoms with E-state index in [0.29, 0.717) is 19.1 Å². The first-order chi connectivity index (χ1) is 10.6. The van der Waals surface area contributed by atoms with E-state index in [1.165, 1.54) is 19.3 Å². The zero-order valence-electron chi connectivity index (χ0n) is 13.0. The number of amides is 2. The predicted molar refractivity (Wildman–Crippen MR) is 83.7 cm³/mol. The molecule has 1 aromatic rings. The Kier molecular flexibility index (Phi) is 3.33. The van der Waals surface area contributed by atoms with Gasteiger partial charge < -0.3 is 15.0 Å². The van der Waals surface area contributed by atoms with E-state index >= 15 is 0 Å². The second-order valence-electron chi connectivity index (χ2n) is 7.03. The smallest absolute Gasteiger partial charge is 0.322 e. The van der Waals surface area contributed by atoms with Crippen molar-refractivity contribution in [3.8, 4) is 0 Å². The number of nitrogens with one attached hydrogen (secondary N) is 1. The van der Waals surface area contributed by atoms with Crippen LogP contribution >= 0.6 is 0 Å². The summed E-state index contributed by atoms with van der Waals surface area (Å²) in [6.07, 6.45) is 6.76. The maximum Gasteiger partial charge on any atom is 0.322 e. The van der Waals surface area contributed by atoms with E-state index in [1.54, 1.807) is 6.20 Å². The molecule has 2 heterocycles. The highest BCUT2D eigenvalue weighted by Gasteiger charge is 2.54. The summed E-state index contributed by atoms with van der Waals surface area (Å²) in [5, 5.41) is 2.99. The summed E-state index contributed by atoms with van der Waals surface area (Å²) in [4.78, 5) is 18.7. The number of morpholine rings is 1. The van der Waals surface area contributed by atoms with Crippen molar-refractivity contribution in [2.45, 2.75) is 38.2 Å². The highest BCUT2D eigenvalue weighted by atomic mass is 16.5. The van der Waals surface area contributed by atoms with Crippen LogP contribution in [0.25, 0.3) is 0 Å². The molecule has 1 aliphatic heterocycles. The van der Waals surface area contributed by atoms with Crippen LogP contribution in [0.1, 0.15) is 31.4 Å². The molecule has 2 amide bonds. The number of carbonyl (C=O) groups is 1. The first-order valence-electron chi connectivity index (χ1n) is 8.27. The number of rotatable bonds is 1. The molecule has 22 heavy (non-hydrogen) atoms. The molecule has 0 radical (unpaired) electrons. The van der Waals surface area contributed by atoms with Crippen molar-refractivity contribution in [3.63, 3.8) is 0 Å². The molecule has 3 aliphatic rings. The van der Waals surface area contributed by atoms with Crippen molar-refractivity contribution in [1.82, 2.24) is 9.88 Å². The molecule has 1 spiro atoms. The fourth-order valence-corrected chi connectivity index (χ4v) is 4.57. The molecule has 2 saturated carbocycles. The maximum absolute atomic E-state index is 12.6. The third kappa shape index (κ3) is 2.37. The van der Waals surface area contributed by atoms with E-state index in [4.69, 9.17) is 4.74 Å². The number of fused-ring (bicyclic) bond motifs is 3. The van der Waals surface area contributed by atoms with Gasteiger partial charge in [0.15, 0.2) is 0 Å². The van der Waals surface area contributed by atoms with E-state index in [9.17, 15) is 4.79 Å². The van der Waals surface area contributed by atoms with Crippen LogP contribution in [-0.4, -0.2) is 41.2 Å². The molecule has 2 bridgehead atoms. The van der Waals surface area contributed by atoms with Crippen LogP contribution in [0.2, 0.25) is 0 Å². The van der Waals surface area contributed by atoms with Crippen molar-refractivity contribution in [1.29, 1.82) is 0 Å². The van der Waals surface area contributed by atoms with Crippen molar-refractivity contribution in [3.05, 3.63) is 24.0 Å². The highest BCUT2D eigenvalue weighted by Crippen LogP contribution is 2.53. The van der Waals surface area contributed by atoms with Crippen molar-refractivity contribution in [2.24, 2.45) is 11.8 Å². The molecule has 5 nitrogen and oxygen atoms in total. The molecule has 118 valence electrons. The molecule has 0 unspecified atom stereocenters. The van der Waals surface area contributed by atoms with E-state index < -0.39 is 0 Å². The summed E-state index contributed by atoms with van der Waals surface area (Å²) < 4.78 is 6.18. The number of aryl methyl sites for hydroxylation is 1. The van der Waals surface area contributed by atoms with E-state index in [1.807, 2.05) is 24.0 Å². The standard InChI is InChI=1S/C17H23N3O2/c1-12-8-15(4-5-18-12)19-16(21)20-6-7-22-17(11-20)10-13-2-3-14(17)9-13/h4-5,8,13-14H,2-3,6-7,9-11H2,1H3,(H,18,19,21)/t13-,14-,17+/m0/s1. The highest BCUT2D eigenvalue weighted by molar-refractivity contribution is 5.89. The Labute approximate surface area is 131 Å². The van der Waals surface area contributed by atoms with Gasteiger partial charge in [0.1, 0.15) is 0 Å². The van der Waals surface area contributed by atoms with Crippen LogP contribution in [-0.2, 0) is 4.74 Å². The third-order valence-corrected chi connectivity index (χ3v) is 5.56. The molecular weight excluding hydrogens is 278 g/mol. The third-order valence-electron chi connectivity index (χ3n) is 5.56. The van der Waals surface area contributed by atoms with Crippen LogP contribution < -0.4 is 5.32 Å². The second-order valence-corrected chi connectivity index (χ2v) is 7.03. The SMILES string of the molecule is Cc1cc(NC(=O)N2CCO[C@]3(C[C@H]4CC[C@H]3C4)C2)ccn1. The average Bonchev–Trinajstić information content (AvgIpc) is 3.08. The average molecular weight is 301 g/mol. The fourth-order valence-electron chi connectivity index (χ4n) is 4.57. The summed E-state index contributed by atoms with van der Waals surface area (Å²) in [7, 11) is 0. The normalized spacial score (nSPS) is 33.4. The van der Waals surface area contributed by atoms with Crippen LogP contribution in [0.5, 0.6) is 0 Å². The number of anilines is 1. The number of ether oxygens (including phenoxy) is 1. The van der Waals surface area contributed by atoms with Gasteiger partial charge in [0.05, 0.1) is 18.8 Å². The molecular formula is C17H23N3O2. The van der Waals surface area contributed by atoms with Gasteiger partial charge in [0.25, 0.3) is 0 Å². The van der Waals surface area contributed by atoms with Crippen LogP contribution in [0.3, 0.4) is 0 Å². The lowest BCUT2D eigenvalue weighted by Crippen LogP contribution is -2.57. The Bertz CT molecular complexity index is 591. The van der Waals surface area contributed by atoms with E-state index in [2.05, 4.69) is 10.3 Å². The lowest BCUT2D eigenvalue weighted by Gasteiger charge is -2.45. The zero-order chi connectivity index (χ0) is 15.2. The summed E-state index contributed by atoms with van der Waals surface area (Å²) in [5.41, 5.74) is 1.66. The molecule has 2 aliphatic carbocycles. The number of urea groups is 1. The molecule has 0 aromatic carbocycles. The number of nitrogens with zero attached hydrogens (tertiary/aromatic N) is 2. The van der Waals surface area contributed by atoms with Gasteiger partial charge in [0, 0.05) is 24.1 Å². The minimum atomic E-state index is -0.0628. The number of hydrogen-bond donors (Lipinski definition) is 1. The summed E-state index contributed by atoms with van der Waals surface area (Å²) in [5.74, 6) is 1.46. The van der Waals surface area contributed by atoms with Gasteiger partial charge in [-0.2, -0.15) is 0 Å². The molecule has 4 rings (SSSR count). The van der Waals surface area contributed by atoms with Gasteiger partial charge in [-0.05, 0) is 56.6 Å². The van der Waals surface area contributed by atoms with Gasteiger partial charge in [-0.15, -0.1) is 0 Å². The quantitative estimate of drug-likeness (QED) is 0.868.